The molecule has 0 aliphatic carbocycles. The van der Waals surface area contributed by atoms with Gasteiger partial charge in [-0.3, -0.25) is 9.36 Å². The third-order valence-electron chi connectivity index (χ3n) is 3.49. The molecule has 0 aliphatic rings. The lowest BCUT2D eigenvalue weighted by molar-refractivity contribution is 0.102. The first-order chi connectivity index (χ1) is 11.0. The summed E-state index contributed by atoms with van der Waals surface area (Å²) >= 11 is 3.37. The first-order valence-electron chi connectivity index (χ1n) is 6.95. The van der Waals surface area contributed by atoms with E-state index >= 15 is 0 Å². The number of nitrogens with one attached hydrogen (secondary N) is 1. The Kier molecular flexibility index (Phi) is 4.20. The summed E-state index contributed by atoms with van der Waals surface area (Å²) in [6.07, 6.45) is 3.06. The lowest BCUT2D eigenvalue weighted by Crippen LogP contribution is -2.15. The second kappa shape index (κ2) is 6.29. The molecule has 2 aromatic heterocycles. The number of halogens is 1. The topological polar surface area (TPSA) is 72.7 Å². The lowest BCUT2D eigenvalue weighted by atomic mass is 10.1. The normalized spacial score (nSPS) is 10.6. The molecule has 0 bridgehead atoms. The quantitative estimate of drug-likeness (QED) is 0.766. The number of hydrogen-bond donors (Lipinski definition) is 1. The summed E-state index contributed by atoms with van der Waals surface area (Å²) in [7, 11) is 0. The molecule has 23 heavy (non-hydrogen) atoms. The molecule has 0 radical (unpaired) electrons. The van der Waals surface area contributed by atoms with Gasteiger partial charge in [0.2, 0.25) is 0 Å². The zero-order valence-corrected chi connectivity index (χ0v) is 14.2. The van der Waals surface area contributed by atoms with Gasteiger partial charge in [0.25, 0.3) is 5.91 Å². The van der Waals surface area contributed by atoms with Crippen LogP contribution < -0.4 is 5.32 Å². The van der Waals surface area contributed by atoms with Crippen LogP contribution in [0.25, 0.3) is 5.82 Å². The molecule has 0 aliphatic heterocycles. The molecule has 1 N–H and O–H groups in total. The number of benzene rings is 1. The number of nitrogens with zero attached hydrogens (tertiary/aromatic N) is 4. The van der Waals surface area contributed by atoms with Gasteiger partial charge in [-0.15, -0.1) is 10.2 Å². The van der Waals surface area contributed by atoms with E-state index in [2.05, 4.69) is 36.4 Å². The van der Waals surface area contributed by atoms with Gasteiger partial charge >= 0.3 is 0 Å². The first-order valence-corrected chi connectivity index (χ1v) is 7.74. The lowest BCUT2D eigenvalue weighted by Gasteiger charge is -2.09. The summed E-state index contributed by atoms with van der Waals surface area (Å²) < 4.78 is 2.26. The van der Waals surface area contributed by atoms with Gasteiger partial charge in [-0.05, 0) is 65.2 Å². The Balaban J connectivity index is 1.89. The third kappa shape index (κ3) is 3.29. The van der Waals surface area contributed by atoms with Crippen LogP contribution in [0.3, 0.4) is 0 Å². The van der Waals surface area contributed by atoms with Crippen molar-refractivity contribution in [2.75, 3.05) is 5.32 Å². The number of carbonyl (C=O) groups excluding carboxylic acids is 1. The molecule has 1 amide bonds. The van der Waals surface area contributed by atoms with Gasteiger partial charge < -0.3 is 5.32 Å². The summed E-state index contributed by atoms with van der Waals surface area (Å²) in [4.78, 5) is 16.9. The van der Waals surface area contributed by atoms with E-state index in [1.54, 1.807) is 16.7 Å². The molecule has 0 fully saturated rings. The highest BCUT2D eigenvalue weighted by atomic mass is 79.9. The van der Waals surface area contributed by atoms with Gasteiger partial charge in [0.05, 0.1) is 0 Å². The fourth-order valence-corrected chi connectivity index (χ4v) is 2.46. The molecule has 0 atom stereocenters. The van der Waals surface area contributed by atoms with E-state index in [0.29, 0.717) is 16.0 Å². The highest BCUT2D eigenvalue weighted by Crippen LogP contribution is 2.20. The zero-order chi connectivity index (χ0) is 16.4. The first kappa shape index (κ1) is 15.4. The van der Waals surface area contributed by atoms with E-state index in [0.717, 1.165) is 11.3 Å². The van der Waals surface area contributed by atoms with Gasteiger partial charge in [0.15, 0.2) is 0 Å². The Morgan fingerprint density at radius 1 is 1.09 bits per heavy atom. The van der Waals surface area contributed by atoms with Crippen LogP contribution in [0, 0.1) is 13.8 Å². The van der Waals surface area contributed by atoms with Crippen molar-refractivity contribution in [3.8, 4) is 5.82 Å². The highest BCUT2D eigenvalue weighted by molar-refractivity contribution is 9.10. The maximum absolute atomic E-state index is 12.5. The minimum absolute atomic E-state index is 0.282. The third-order valence-corrected chi connectivity index (χ3v) is 4.13. The average Bonchev–Trinajstić information content (AvgIpc) is 3.06. The molecule has 3 aromatic rings. The molecule has 116 valence electrons. The number of aromatic nitrogens is 4. The number of hydrogen-bond acceptors (Lipinski definition) is 4. The fourth-order valence-electron chi connectivity index (χ4n) is 2.06. The molecule has 7 heteroatoms. The van der Waals surface area contributed by atoms with Gasteiger partial charge in [0, 0.05) is 10.2 Å². The highest BCUT2D eigenvalue weighted by Gasteiger charge is 2.14. The molecule has 0 saturated heterocycles. The second-order valence-electron chi connectivity index (χ2n) is 5.12. The maximum atomic E-state index is 12.5. The monoisotopic (exact) mass is 371 g/mol. The minimum atomic E-state index is -0.282. The summed E-state index contributed by atoms with van der Waals surface area (Å²) in [6, 6.07) is 9.33. The smallest absolute Gasteiger partial charge is 0.275 e. The van der Waals surface area contributed by atoms with Crippen LogP contribution in [0.1, 0.15) is 21.6 Å². The standard InChI is InChI=1S/C16H14BrN5O/c1-10-3-4-12(7-11(10)2)20-16(23)15-13(17)5-6-14(21-15)22-8-18-19-9-22/h3-9H,1-2H3,(H,20,23). The Morgan fingerprint density at radius 2 is 1.83 bits per heavy atom. The summed E-state index contributed by atoms with van der Waals surface area (Å²) in [5.74, 6) is 0.290. The van der Waals surface area contributed by atoms with Gasteiger partial charge in [-0.25, -0.2) is 4.98 Å². The molecular weight excluding hydrogens is 358 g/mol. The van der Waals surface area contributed by atoms with E-state index in [9.17, 15) is 4.79 Å². The van der Waals surface area contributed by atoms with Gasteiger partial charge in [-0.2, -0.15) is 0 Å². The van der Waals surface area contributed by atoms with E-state index in [-0.39, 0.29) is 5.91 Å². The van der Waals surface area contributed by atoms with Crippen LogP contribution >= 0.6 is 15.9 Å². The Labute approximate surface area is 141 Å². The minimum Gasteiger partial charge on any atom is -0.321 e. The number of pyridine rings is 1. The van der Waals surface area contributed by atoms with Crippen LogP contribution in [0.15, 0.2) is 47.5 Å². The molecule has 0 spiro atoms. The Bertz CT molecular complexity index is 861. The van der Waals surface area contributed by atoms with Crippen LogP contribution in [0.2, 0.25) is 0 Å². The van der Waals surface area contributed by atoms with E-state index in [1.165, 1.54) is 18.2 Å². The van der Waals surface area contributed by atoms with Crippen molar-refractivity contribution in [1.29, 1.82) is 0 Å². The van der Waals surface area contributed by atoms with Crippen LogP contribution in [0.5, 0.6) is 0 Å². The van der Waals surface area contributed by atoms with Crippen molar-refractivity contribution in [3.63, 3.8) is 0 Å². The van der Waals surface area contributed by atoms with Gasteiger partial charge in [-0.1, -0.05) is 6.07 Å². The fraction of sp³-hybridized carbons (Fsp3) is 0.125. The Hall–Kier alpha value is -2.54. The summed E-state index contributed by atoms with van der Waals surface area (Å²) in [5, 5.41) is 10.4. The number of amides is 1. The van der Waals surface area contributed by atoms with Crippen molar-refractivity contribution in [2.24, 2.45) is 0 Å². The SMILES string of the molecule is Cc1ccc(NC(=O)c2nc(-n3cnnc3)ccc2Br)cc1C. The molecule has 1 aromatic carbocycles. The van der Waals surface area contributed by atoms with Crippen LogP contribution in [0.4, 0.5) is 5.69 Å². The Morgan fingerprint density at radius 3 is 2.52 bits per heavy atom. The maximum Gasteiger partial charge on any atom is 0.275 e. The number of anilines is 1. The van der Waals surface area contributed by atoms with Crippen molar-refractivity contribution in [3.05, 3.63) is 64.3 Å². The van der Waals surface area contributed by atoms with Crippen molar-refractivity contribution in [1.82, 2.24) is 19.7 Å². The van der Waals surface area contributed by atoms with Crippen molar-refractivity contribution < 1.29 is 4.79 Å². The predicted octanol–water partition coefficient (Wildman–Crippen LogP) is 3.29. The zero-order valence-electron chi connectivity index (χ0n) is 12.6. The van der Waals surface area contributed by atoms with Crippen LogP contribution in [-0.2, 0) is 0 Å². The van der Waals surface area contributed by atoms with Crippen LogP contribution in [-0.4, -0.2) is 25.7 Å². The van der Waals surface area contributed by atoms with Crippen molar-refractivity contribution in [2.45, 2.75) is 13.8 Å². The number of rotatable bonds is 3. The molecule has 3 rings (SSSR count). The molecule has 0 saturated carbocycles. The largest absolute Gasteiger partial charge is 0.321 e. The van der Waals surface area contributed by atoms with E-state index in [1.807, 2.05) is 32.0 Å². The van der Waals surface area contributed by atoms with Crippen molar-refractivity contribution >= 4 is 27.5 Å². The predicted molar refractivity (Wildman–Crippen MR) is 90.7 cm³/mol. The summed E-state index contributed by atoms with van der Waals surface area (Å²) in [6.45, 7) is 4.04. The van der Waals surface area contributed by atoms with E-state index < -0.39 is 0 Å². The molecule has 2 heterocycles. The molecular formula is C16H14BrN5O. The van der Waals surface area contributed by atoms with Gasteiger partial charge in [0.1, 0.15) is 24.2 Å². The van der Waals surface area contributed by atoms with E-state index in [4.69, 9.17) is 0 Å². The number of carbonyl (C=O) groups is 1. The summed E-state index contributed by atoms with van der Waals surface area (Å²) in [5.41, 5.74) is 3.33. The average molecular weight is 372 g/mol. The molecule has 0 unspecified atom stereocenters. The molecule has 6 nitrogen and oxygen atoms in total. The number of aryl methyl sites for hydroxylation is 2. The second-order valence-corrected chi connectivity index (χ2v) is 5.98.